The average molecular weight is 708 g/mol. The first-order valence-corrected chi connectivity index (χ1v) is 16.0. The van der Waals surface area contributed by atoms with Gasteiger partial charge >= 0.3 is 5.97 Å². The molecule has 3 aromatic carbocycles. The van der Waals surface area contributed by atoms with Gasteiger partial charge in [0.05, 0.1) is 36.1 Å². The van der Waals surface area contributed by atoms with Crippen LogP contribution in [0.2, 0.25) is 0 Å². The second kappa shape index (κ2) is 13.1. The number of rotatable bonds is 9. The van der Waals surface area contributed by atoms with Gasteiger partial charge in [-0.2, -0.15) is 0 Å². The number of carbonyl (C=O) groups excluding carboxylic acids is 1. The van der Waals surface area contributed by atoms with E-state index in [-0.39, 0.29) is 24.0 Å². The van der Waals surface area contributed by atoms with Gasteiger partial charge in [0.15, 0.2) is 27.8 Å². The minimum absolute atomic E-state index is 0.206. The molecule has 1 atom stereocenters. The lowest BCUT2D eigenvalue weighted by Crippen LogP contribution is -2.40. The molecule has 1 aromatic heterocycles. The van der Waals surface area contributed by atoms with Crippen molar-refractivity contribution in [3.63, 3.8) is 0 Å². The van der Waals surface area contributed by atoms with E-state index in [4.69, 9.17) is 28.4 Å². The van der Waals surface area contributed by atoms with Crippen LogP contribution in [0, 0.1) is 0 Å². The van der Waals surface area contributed by atoms with Gasteiger partial charge in [-0.05, 0) is 80.4 Å². The van der Waals surface area contributed by atoms with Crippen LogP contribution < -0.4 is 38.6 Å². The van der Waals surface area contributed by atoms with E-state index in [9.17, 15) is 9.59 Å². The molecule has 0 radical (unpaired) electrons. The molecular formula is C34H31BrN2O8S. The Morgan fingerprint density at radius 1 is 1.04 bits per heavy atom. The molecule has 0 fully saturated rings. The number of hydrogen-bond donors (Lipinski definition) is 0. The van der Waals surface area contributed by atoms with Crippen molar-refractivity contribution >= 4 is 39.3 Å². The summed E-state index contributed by atoms with van der Waals surface area (Å²) in [6, 6.07) is 15.8. The van der Waals surface area contributed by atoms with Crippen molar-refractivity contribution in [2.45, 2.75) is 39.5 Å². The van der Waals surface area contributed by atoms with Gasteiger partial charge in [0.2, 0.25) is 6.79 Å². The number of thiazole rings is 1. The first-order chi connectivity index (χ1) is 22.2. The monoisotopic (exact) mass is 706 g/mol. The van der Waals surface area contributed by atoms with E-state index in [0.717, 1.165) is 15.6 Å². The van der Waals surface area contributed by atoms with Crippen LogP contribution >= 0.6 is 27.3 Å². The molecule has 0 saturated heterocycles. The molecule has 4 aromatic rings. The van der Waals surface area contributed by atoms with E-state index in [2.05, 4.69) is 20.9 Å². The van der Waals surface area contributed by atoms with Crippen molar-refractivity contribution in [2.24, 2.45) is 4.99 Å². The Bertz CT molecular complexity index is 2050. The standard InChI is InChI=1S/C34H31BrN2O8S/c1-18(2)45-33(39)30-19(3)36-34-37(31(30)23-15-22(35)8-11-24(23)40-4)32(38)29(46-34)14-20-6-9-25(27(12-20)41-5)42-16-21-7-10-26-28(13-21)44-17-43-26/h6-15,18,31H,16-17H2,1-5H3/b29-14-/t31-/m1/s1. The van der Waals surface area contributed by atoms with Crippen LogP contribution in [0.5, 0.6) is 28.7 Å². The minimum Gasteiger partial charge on any atom is -0.496 e. The molecule has 238 valence electrons. The number of esters is 1. The summed E-state index contributed by atoms with van der Waals surface area (Å²) in [6.07, 6.45) is 1.41. The number of ether oxygens (including phenoxy) is 6. The number of aromatic nitrogens is 1. The number of allylic oxidation sites excluding steroid dienone is 1. The molecule has 10 nitrogen and oxygen atoms in total. The van der Waals surface area contributed by atoms with Gasteiger partial charge in [0.25, 0.3) is 5.56 Å². The first kappa shape index (κ1) is 31.4. The van der Waals surface area contributed by atoms with Crippen molar-refractivity contribution in [1.82, 2.24) is 4.57 Å². The lowest BCUT2D eigenvalue weighted by molar-refractivity contribution is -0.143. The lowest BCUT2D eigenvalue weighted by atomic mass is 9.95. The molecule has 0 aliphatic carbocycles. The van der Waals surface area contributed by atoms with Crippen LogP contribution in [-0.4, -0.2) is 37.7 Å². The van der Waals surface area contributed by atoms with Crippen LogP contribution in [0.3, 0.4) is 0 Å². The SMILES string of the molecule is COc1cc(/C=c2\sc3n(c2=O)[C@H](c2cc(Br)ccc2OC)C(C(=O)OC(C)C)=C(C)N=3)ccc1OCc1ccc2c(c1)OCO2. The third-order valence-corrected chi connectivity index (χ3v) is 8.86. The highest BCUT2D eigenvalue weighted by Gasteiger charge is 2.35. The van der Waals surface area contributed by atoms with E-state index in [1.165, 1.54) is 15.9 Å². The number of nitrogens with zero attached hydrogens (tertiary/aromatic N) is 2. The molecule has 0 amide bonds. The molecule has 2 aliphatic rings. The predicted molar refractivity (Wildman–Crippen MR) is 176 cm³/mol. The third kappa shape index (κ3) is 6.14. The van der Waals surface area contributed by atoms with Crippen LogP contribution in [0.15, 0.2) is 80.1 Å². The number of hydrogen-bond acceptors (Lipinski definition) is 10. The fourth-order valence-electron chi connectivity index (χ4n) is 5.31. The highest BCUT2D eigenvalue weighted by atomic mass is 79.9. The Kier molecular flexibility index (Phi) is 8.92. The summed E-state index contributed by atoms with van der Waals surface area (Å²) in [4.78, 5) is 32.7. The molecular weight excluding hydrogens is 676 g/mol. The van der Waals surface area contributed by atoms with Gasteiger partial charge in [-0.25, -0.2) is 9.79 Å². The summed E-state index contributed by atoms with van der Waals surface area (Å²) in [7, 11) is 3.11. The molecule has 46 heavy (non-hydrogen) atoms. The molecule has 0 bridgehead atoms. The molecule has 12 heteroatoms. The van der Waals surface area contributed by atoms with Gasteiger partial charge in [-0.15, -0.1) is 0 Å². The number of methoxy groups -OCH3 is 2. The van der Waals surface area contributed by atoms with Gasteiger partial charge in [-0.1, -0.05) is 39.4 Å². The number of halogens is 1. The summed E-state index contributed by atoms with van der Waals surface area (Å²) >= 11 is 4.77. The van der Waals surface area contributed by atoms with E-state index >= 15 is 0 Å². The maximum atomic E-state index is 14.1. The van der Waals surface area contributed by atoms with Crippen molar-refractivity contribution in [1.29, 1.82) is 0 Å². The largest absolute Gasteiger partial charge is 0.496 e. The Balaban J connectivity index is 1.38. The second-order valence-electron chi connectivity index (χ2n) is 10.8. The fourth-order valence-corrected chi connectivity index (χ4v) is 6.74. The smallest absolute Gasteiger partial charge is 0.338 e. The number of benzene rings is 3. The third-order valence-electron chi connectivity index (χ3n) is 7.39. The molecule has 6 rings (SSSR count). The van der Waals surface area contributed by atoms with Gasteiger partial charge in [-0.3, -0.25) is 9.36 Å². The van der Waals surface area contributed by atoms with Crippen molar-refractivity contribution in [3.05, 3.63) is 107 Å². The van der Waals surface area contributed by atoms with Crippen LogP contribution in [0.25, 0.3) is 6.08 Å². The molecule has 3 heterocycles. The van der Waals surface area contributed by atoms with Gasteiger partial charge in [0.1, 0.15) is 18.4 Å². The van der Waals surface area contributed by atoms with Crippen molar-refractivity contribution < 1.29 is 33.2 Å². The topological polar surface area (TPSA) is 107 Å². The fraction of sp³-hybridized carbons (Fsp3) is 0.265. The van der Waals surface area contributed by atoms with Gasteiger partial charge < -0.3 is 28.4 Å². The maximum Gasteiger partial charge on any atom is 0.338 e. The van der Waals surface area contributed by atoms with Gasteiger partial charge in [0, 0.05) is 10.0 Å². The maximum absolute atomic E-state index is 14.1. The summed E-state index contributed by atoms with van der Waals surface area (Å²) in [6.45, 7) is 5.81. The first-order valence-electron chi connectivity index (χ1n) is 14.4. The average Bonchev–Trinajstić information content (AvgIpc) is 3.62. The molecule has 2 aliphatic heterocycles. The van der Waals surface area contributed by atoms with Crippen molar-refractivity contribution in [2.75, 3.05) is 21.0 Å². The van der Waals surface area contributed by atoms with E-state index < -0.39 is 12.0 Å². The zero-order valence-corrected chi connectivity index (χ0v) is 28.2. The highest BCUT2D eigenvalue weighted by Crippen LogP contribution is 2.38. The quantitative estimate of drug-likeness (QED) is 0.217. The molecule has 0 spiro atoms. The van der Waals surface area contributed by atoms with Crippen molar-refractivity contribution in [3.8, 4) is 28.7 Å². The normalized spacial score (nSPS) is 15.5. The van der Waals surface area contributed by atoms with E-state index in [0.29, 0.717) is 55.9 Å². The summed E-state index contributed by atoms with van der Waals surface area (Å²) in [5, 5.41) is 0. The number of fused-ring (bicyclic) bond motifs is 2. The summed E-state index contributed by atoms with van der Waals surface area (Å²) < 4.78 is 36.6. The zero-order valence-electron chi connectivity index (χ0n) is 25.8. The molecule has 0 saturated carbocycles. The number of carbonyl (C=O) groups is 1. The minimum atomic E-state index is -0.821. The van der Waals surface area contributed by atoms with E-state index in [1.807, 2.05) is 36.4 Å². The highest BCUT2D eigenvalue weighted by molar-refractivity contribution is 9.10. The second-order valence-corrected chi connectivity index (χ2v) is 12.7. The summed E-state index contributed by atoms with van der Waals surface area (Å²) in [5.41, 5.74) is 2.70. The molecule has 0 N–H and O–H groups in total. The Morgan fingerprint density at radius 3 is 2.57 bits per heavy atom. The predicted octanol–water partition coefficient (Wildman–Crippen LogP) is 5.27. The molecule has 0 unspecified atom stereocenters. The summed E-state index contributed by atoms with van der Waals surface area (Å²) in [5.74, 6) is 2.43. The van der Waals surface area contributed by atoms with E-state index in [1.54, 1.807) is 59.3 Å². The van der Waals surface area contributed by atoms with Crippen LogP contribution in [0.1, 0.15) is 43.5 Å². The lowest BCUT2D eigenvalue weighted by Gasteiger charge is -2.26. The Morgan fingerprint density at radius 2 is 1.80 bits per heavy atom. The Labute approximate surface area is 277 Å². The Hall–Kier alpha value is -4.55. The van der Waals surface area contributed by atoms with Crippen LogP contribution in [0.4, 0.5) is 0 Å². The van der Waals surface area contributed by atoms with Crippen LogP contribution in [-0.2, 0) is 16.1 Å². The zero-order chi connectivity index (χ0) is 32.5.